The number of benzene rings is 1. The van der Waals surface area contributed by atoms with Crippen molar-refractivity contribution in [2.24, 2.45) is 29.6 Å². The molecule has 2 fully saturated rings. The smallest absolute Gasteiger partial charge is 0.333 e. The van der Waals surface area contributed by atoms with Crippen LogP contribution in [0.3, 0.4) is 0 Å². The second-order valence-electron chi connectivity index (χ2n) is 8.72. The summed E-state index contributed by atoms with van der Waals surface area (Å²) in [6.45, 7) is 5.81. The molecule has 0 saturated heterocycles. The van der Waals surface area contributed by atoms with Crippen LogP contribution in [0, 0.1) is 29.6 Å². The summed E-state index contributed by atoms with van der Waals surface area (Å²) in [5, 5.41) is 0. The molecule has 0 aliphatic heterocycles. The molecule has 0 spiro atoms. The molecule has 0 amide bonds. The predicted octanol–water partition coefficient (Wildman–Crippen LogP) is 5.68. The Bertz CT molecular complexity index is 745. The number of rotatable bonds is 4. The standard InChI is InChI=1S/C13H14.C12H16O2/c1-2-4-11(5-3-1)13-9-10-6-7-12(13)8-10;1-8(2)12(13)14-7-11-6-9-3-4-10(11)5-9/h1-7,10,12-13H,8-9H2;3-4,9-11H,1,5-7H2,2H3. The normalized spacial score (nSPS) is 34.4. The molecule has 142 valence electrons. The van der Waals surface area contributed by atoms with Gasteiger partial charge in [-0.15, -0.1) is 0 Å². The summed E-state index contributed by atoms with van der Waals surface area (Å²) in [6, 6.07) is 11.0. The molecule has 1 aromatic carbocycles. The third kappa shape index (κ3) is 4.10. The Hall–Kier alpha value is -2.09. The molecule has 4 aliphatic rings. The lowest BCUT2D eigenvalue weighted by Gasteiger charge is -2.17. The van der Waals surface area contributed by atoms with Gasteiger partial charge in [-0.05, 0) is 73.7 Å². The average molecular weight is 363 g/mol. The molecule has 27 heavy (non-hydrogen) atoms. The first kappa shape index (κ1) is 18.3. The molecule has 0 radical (unpaired) electrons. The molecular formula is C25H30O2. The van der Waals surface area contributed by atoms with Crippen LogP contribution in [0.25, 0.3) is 0 Å². The second-order valence-corrected chi connectivity index (χ2v) is 8.72. The number of hydrogen-bond donors (Lipinski definition) is 0. The van der Waals surface area contributed by atoms with Crippen LogP contribution < -0.4 is 0 Å². The summed E-state index contributed by atoms with van der Waals surface area (Å²) < 4.78 is 5.17. The Balaban J connectivity index is 0.000000134. The van der Waals surface area contributed by atoms with Crippen LogP contribution in [0.2, 0.25) is 0 Å². The Labute approximate surface area is 163 Å². The number of carbonyl (C=O) groups excluding carboxylic acids is 1. The van der Waals surface area contributed by atoms with E-state index in [-0.39, 0.29) is 5.97 Å². The minimum Gasteiger partial charge on any atom is -0.462 e. The van der Waals surface area contributed by atoms with E-state index in [2.05, 4.69) is 61.2 Å². The summed E-state index contributed by atoms with van der Waals surface area (Å²) in [7, 11) is 0. The molecule has 2 heteroatoms. The van der Waals surface area contributed by atoms with Crippen molar-refractivity contribution in [3.8, 4) is 0 Å². The third-order valence-electron chi connectivity index (χ3n) is 6.70. The Morgan fingerprint density at radius 1 is 0.963 bits per heavy atom. The van der Waals surface area contributed by atoms with E-state index in [1.54, 1.807) is 12.5 Å². The Kier molecular flexibility index (Phi) is 5.33. The van der Waals surface area contributed by atoms with Crippen molar-refractivity contribution in [3.05, 3.63) is 72.4 Å². The highest BCUT2D eigenvalue weighted by molar-refractivity contribution is 5.86. The summed E-state index contributed by atoms with van der Waals surface area (Å²) in [6.07, 6.45) is 14.6. The maximum absolute atomic E-state index is 11.2. The lowest BCUT2D eigenvalue weighted by molar-refractivity contribution is -0.140. The SMILES string of the molecule is C1=CC2CC1CC2c1ccccc1.C=C(C)C(=O)OCC1CC2C=CC1C2. The van der Waals surface area contributed by atoms with Crippen LogP contribution in [-0.2, 0) is 9.53 Å². The van der Waals surface area contributed by atoms with Gasteiger partial charge in [0.2, 0.25) is 0 Å². The Morgan fingerprint density at radius 2 is 1.63 bits per heavy atom. The fraction of sp³-hybridized carbons (Fsp3) is 0.480. The highest BCUT2D eigenvalue weighted by Crippen LogP contribution is 2.48. The molecule has 2 nitrogen and oxygen atoms in total. The molecule has 5 rings (SSSR count). The van der Waals surface area contributed by atoms with E-state index in [0.717, 1.165) is 23.7 Å². The summed E-state index contributed by atoms with van der Waals surface area (Å²) >= 11 is 0. The van der Waals surface area contributed by atoms with Crippen molar-refractivity contribution >= 4 is 5.97 Å². The lowest BCUT2D eigenvalue weighted by atomic mass is 9.87. The van der Waals surface area contributed by atoms with Gasteiger partial charge < -0.3 is 4.74 Å². The zero-order chi connectivity index (χ0) is 18.8. The highest BCUT2D eigenvalue weighted by Gasteiger charge is 2.36. The number of esters is 1. The van der Waals surface area contributed by atoms with Gasteiger partial charge in [-0.1, -0.05) is 61.2 Å². The monoisotopic (exact) mass is 362 g/mol. The van der Waals surface area contributed by atoms with E-state index < -0.39 is 0 Å². The van der Waals surface area contributed by atoms with Gasteiger partial charge in [-0.3, -0.25) is 0 Å². The van der Waals surface area contributed by atoms with Crippen LogP contribution in [0.15, 0.2) is 66.8 Å². The predicted molar refractivity (Wildman–Crippen MR) is 109 cm³/mol. The fourth-order valence-electron chi connectivity index (χ4n) is 5.26. The Morgan fingerprint density at radius 3 is 2.15 bits per heavy atom. The topological polar surface area (TPSA) is 26.3 Å². The first-order valence-corrected chi connectivity index (χ1v) is 10.3. The summed E-state index contributed by atoms with van der Waals surface area (Å²) in [5.41, 5.74) is 2.03. The van der Waals surface area contributed by atoms with Gasteiger partial charge in [-0.25, -0.2) is 4.79 Å². The number of fused-ring (bicyclic) bond motifs is 4. The van der Waals surface area contributed by atoms with E-state index in [9.17, 15) is 4.79 Å². The molecule has 2 saturated carbocycles. The first-order chi connectivity index (χ1) is 13.1. The molecule has 0 aromatic heterocycles. The van der Waals surface area contributed by atoms with E-state index >= 15 is 0 Å². The molecule has 0 N–H and O–H groups in total. The summed E-state index contributed by atoms with van der Waals surface area (Å²) in [4.78, 5) is 11.2. The van der Waals surface area contributed by atoms with Gasteiger partial charge in [0.15, 0.2) is 0 Å². The van der Waals surface area contributed by atoms with E-state index in [0.29, 0.717) is 24.0 Å². The van der Waals surface area contributed by atoms with Crippen LogP contribution in [0.5, 0.6) is 0 Å². The first-order valence-electron chi connectivity index (χ1n) is 10.3. The quantitative estimate of drug-likeness (QED) is 0.391. The molecule has 4 aliphatic carbocycles. The molecule has 4 bridgehead atoms. The maximum Gasteiger partial charge on any atom is 0.333 e. The third-order valence-corrected chi connectivity index (χ3v) is 6.70. The van der Waals surface area contributed by atoms with Crippen molar-refractivity contribution in [3.63, 3.8) is 0 Å². The van der Waals surface area contributed by atoms with E-state index in [1.807, 2.05) is 0 Å². The average Bonchev–Trinajstić information content (AvgIpc) is 3.48. The minimum atomic E-state index is -0.253. The van der Waals surface area contributed by atoms with E-state index in [1.165, 1.54) is 25.7 Å². The second kappa shape index (κ2) is 7.88. The molecule has 6 atom stereocenters. The van der Waals surface area contributed by atoms with Crippen LogP contribution >= 0.6 is 0 Å². The van der Waals surface area contributed by atoms with Gasteiger partial charge in [0.1, 0.15) is 0 Å². The van der Waals surface area contributed by atoms with Crippen LogP contribution in [-0.4, -0.2) is 12.6 Å². The van der Waals surface area contributed by atoms with Gasteiger partial charge in [0, 0.05) is 5.57 Å². The fourth-order valence-corrected chi connectivity index (χ4v) is 5.26. The van der Waals surface area contributed by atoms with Crippen molar-refractivity contribution < 1.29 is 9.53 Å². The largest absolute Gasteiger partial charge is 0.462 e. The zero-order valence-electron chi connectivity index (χ0n) is 16.2. The maximum atomic E-state index is 11.2. The number of ether oxygens (including phenoxy) is 1. The van der Waals surface area contributed by atoms with Crippen molar-refractivity contribution in [1.82, 2.24) is 0 Å². The van der Waals surface area contributed by atoms with Gasteiger partial charge in [-0.2, -0.15) is 0 Å². The zero-order valence-corrected chi connectivity index (χ0v) is 16.2. The van der Waals surface area contributed by atoms with Gasteiger partial charge >= 0.3 is 5.97 Å². The van der Waals surface area contributed by atoms with Crippen molar-refractivity contribution in [1.29, 1.82) is 0 Å². The molecule has 1 aromatic rings. The molecule has 6 unspecified atom stereocenters. The van der Waals surface area contributed by atoms with Gasteiger partial charge in [0.05, 0.1) is 6.61 Å². The lowest BCUT2D eigenvalue weighted by Crippen LogP contribution is -2.17. The van der Waals surface area contributed by atoms with Crippen LogP contribution in [0.4, 0.5) is 0 Å². The number of allylic oxidation sites excluding steroid dienone is 4. The highest BCUT2D eigenvalue weighted by atomic mass is 16.5. The van der Waals surface area contributed by atoms with Crippen molar-refractivity contribution in [2.45, 2.75) is 38.5 Å². The van der Waals surface area contributed by atoms with Crippen LogP contribution in [0.1, 0.15) is 44.1 Å². The number of hydrogen-bond acceptors (Lipinski definition) is 2. The molecule has 0 heterocycles. The van der Waals surface area contributed by atoms with Crippen molar-refractivity contribution in [2.75, 3.05) is 6.61 Å². The summed E-state index contributed by atoms with van der Waals surface area (Å²) in [5.74, 6) is 4.23. The molecular weight excluding hydrogens is 332 g/mol. The minimum absolute atomic E-state index is 0.253. The number of carbonyl (C=O) groups is 1. The van der Waals surface area contributed by atoms with Gasteiger partial charge in [0.25, 0.3) is 0 Å². The van der Waals surface area contributed by atoms with E-state index in [4.69, 9.17) is 4.74 Å².